The van der Waals surface area contributed by atoms with Crippen molar-refractivity contribution in [2.45, 2.75) is 26.3 Å². The molecule has 1 N–H and O–H groups in total. The van der Waals surface area contributed by atoms with Crippen LogP contribution >= 0.6 is 11.3 Å². The fourth-order valence-electron chi connectivity index (χ4n) is 2.64. The molecule has 1 amide bonds. The summed E-state index contributed by atoms with van der Waals surface area (Å²) in [6.45, 7) is 3.43. The number of benzene rings is 2. The molecule has 0 spiro atoms. The Kier molecular flexibility index (Phi) is 5.60. The quantitative estimate of drug-likeness (QED) is 0.670. The lowest BCUT2D eigenvalue weighted by Crippen LogP contribution is -2.26. The molecule has 2 aromatic carbocycles. The minimum absolute atomic E-state index is 0.305. The van der Waals surface area contributed by atoms with Crippen LogP contribution in [0.5, 0.6) is 0 Å². The first-order valence-electron chi connectivity index (χ1n) is 8.30. The maximum absolute atomic E-state index is 13.4. The van der Waals surface area contributed by atoms with Crippen LogP contribution in [0.25, 0.3) is 0 Å². The van der Waals surface area contributed by atoms with Crippen LogP contribution < -0.4 is 5.32 Å². The second-order valence-corrected chi connectivity index (χ2v) is 7.28. The van der Waals surface area contributed by atoms with Crippen LogP contribution in [-0.4, -0.2) is 10.9 Å². The Balaban J connectivity index is 1.71. The van der Waals surface area contributed by atoms with Gasteiger partial charge in [-0.05, 0) is 49.2 Å². The minimum Gasteiger partial charge on any atom is -0.345 e. The molecule has 0 fully saturated rings. The van der Waals surface area contributed by atoms with Gasteiger partial charge in [0.25, 0.3) is 5.91 Å². The second kappa shape index (κ2) is 7.92. The summed E-state index contributed by atoms with van der Waals surface area (Å²) in [6.07, 6.45) is 0.498. The zero-order valence-electron chi connectivity index (χ0n) is 14.7. The van der Waals surface area contributed by atoms with Crippen molar-refractivity contribution in [1.82, 2.24) is 10.3 Å². The van der Waals surface area contributed by atoms with E-state index >= 15 is 0 Å². The van der Waals surface area contributed by atoms with E-state index in [9.17, 15) is 18.0 Å². The number of thiazole rings is 1. The van der Waals surface area contributed by atoms with Crippen molar-refractivity contribution in [2.24, 2.45) is 0 Å². The molecule has 0 radical (unpaired) electrons. The Hall–Kier alpha value is -2.67. The number of carbonyl (C=O) groups is 1. The van der Waals surface area contributed by atoms with Crippen LogP contribution in [0.2, 0.25) is 0 Å². The highest BCUT2D eigenvalue weighted by Crippen LogP contribution is 2.23. The lowest BCUT2D eigenvalue weighted by molar-refractivity contribution is 0.0943. The lowest BCUT2D eigenvalue weighted by atomic mass is 10.1. The van der Waals surface area contributed by atoms with E-state index in [1.165, 1.54) is 29.5 Å². The second-order valence-electron chi connectivity index (χ2n) is 6.19. The van der Waals surface area contributed by atoms with Crippen molar-refractivity contribution in [3.8, 4) is 0 Å². The number of amides is 1. The zero-order chi connectivity index (χ0) is 19.6. The summed E-state index contributed by atoms with van der Waals surface area (Å²) < 4.78 is 39.4. The average molecular weight is 390 g/mol. The van der Waals surface area contributed by atoms with Gasteiger partial charge in [-0.2, -0.15) is 0 Å². The lowest BCUT2D eigenvalue weighted by Gasteiger charge is -2.14. The minimum atomic E-state index is -0.954. The van der Waals surface area contributed by atoms with Crippen LogP contribution in [0.15, 0.2) is 42.5 Å². The fourth-order valence-corrected chi connectivity index (χ4v) is 3.64. The van der Waals surface area contributed by atoms with Crippen molar-refractivity contribution in [3.63, 3.8) is 0 Å². The summed E-state index contributed by atoms with van der Waals surface area (Å²) in [6, 6.07) is 9.16. The van der Waals surface area contributed by atoms with Gasteiger partial charge < -0.3 is 5.32 Å². The molecule has 1 heterocycles. The molecule has 3 rings (SSSR count). The van der Waals surface area contributed by atoms with Crippen LogP contribution in [0, 0.1) is 24.4 Å². The highest BCUT2D eigenvalue weighted by atomic mass is 32.1. The number of halogens is 3. The topological polar surface area (TPSA) is 42.0 Å². The van der Waals surface area contributed by atoms with Crippen LogP contribution in [0.4, 0.5) is 13.2 Å². The average Bonchev–Trinajstić information content (AvgIpc) is 2.99. The third kappa shape index (κ3) is 4.54. The van der Waals surface area contributed by atoms with E-state index in [1.54, 1.807) is 26.0 Å². The van der Waals surface area contributed by atoms with Crippen molar-refractivity contribution in [3.05, 3.63) is 86.6 Å². The van der Waals surface area contributed by atoms with E-state index in [0.29, 0.717) is 22.6 Å². The molecular weight excluding hydrogens is 373 g/mol. The van der Waals surface area contributed by atoms with Gasteiger partial charge in [0.15, 0.2) is 11.6 Å². The van der Waals surface area contributed by atoms with Gasteiger partial charge in [0.05, 0.1) is 16.7 Å². The van der Waals surface area contributed by atoms with Crippen molar-refractivity contribution in [1.29, 1.82) is 0 Å². The normalized spacial score (nSPS) is 12.0. The van der Waals surface area contributed by atoms with Gasteiger partial charge in [0.1, 0.15) is 10.7 Å². The van der Waals surface area contributed by atoms with E-state index in [2.05, 4.69) is 10.3 Å². The maximum Gasteiger partial charge on any atom is 0.263 e. The Labute approximate surface area is 158 Å². The summed E-state index contributed by atoms with van der Waals surface area (Å²) >= 11 is 1.26. The third-order valence-electron chi connectivity index (χ3n) is 4.11. The van der Waals surface area contributed by atoms with Crippen LogP contribution in [0.1, 0.15) is 44.5 Å². The molecule has 7 heteroatoms. The van der Waals surface area contributed by atoms with E-state index in [-0.39, 0.29) is 11.7 Å². The van der Waals surface area contributed by atoms with Crippen molar-refractivity contribution >= 4 is 17.2 Å². The number of nitrogens with one attached hydrogen (secondary N) is 1. The number of rotatable bonds is 5. The van der Waals surface area contributed by atoms with Gasteiger partial charge in [0, 0.05) is 6.42 Å². The molecule has 0 aliphatic rings. The predicted octanol–water partition coefficient (Wildman–Crippen LogP) is 4.95. The first-order chi connectivity index (χ1) is 12.8. The van der Waals surface area contributed by atoms with Crippen molar-refractivity contribution in [2.75, 3.05) is 0 Å². The van der Waals surface area contributed by atoms with Gasteiger partial charge in [-0.1, -0.05) is 18.2 Å². The first-order valence-corrected chi connectivity index (χ1v) is 9.11. The number of nitrogens with zero attached hydrogens (tertiary/aromatic N) is 1. The Morgan fingerprint density at radius 3 is 2.48 bits per heavy atom. The summed E-state index contributed by atoms with van der Waals surface area (Å²) in [5, 5.41) is 3.52. The van der Waals surface area contributed by atoms with Gasteiger partial charge in [-0.3, -0.25) is 4.79 Å². The third-order valence-corrected chi connectivity index (χ3v) is 5.26. The largest absolute Gasteiger partial charge is 0.345 e. The van der Waals surface area contributed by atoms with Gasteiger partial charge in [-0.15, -0.1) is 11.3 Å². The molecule has 27 heavy (non-hydrogen) atoms. The highest BCUT2D eigenvalue weighted by Gasteiger charge is 2.18. The Bertz CT molecular complexity index is 970. The van der Waals surface area contributed by atoms with E-state index in [0.717, 1.165) is 22.7 Å². The van der Waals surface area contributed by atoms with Gasteiger partial charge >= 0.3 is 0 Å². The molecule has 0 saturated heterocycles. The summed E-state index contributed by atoms with van der Waals surface area (Å²) in [5.41, 5.74) is 1.95. The number of hydrogen-bond acceptors (Lipinski definition) is 3. The summed E-state index contributed by atoms with van der Waals surface area (Å²) in [4.78, 5) is 17.4. The molecule has 140 valence electrons. The monoisotopic (exact) mass is 390 g/mol. The molecule has 1 aromatic heterocycles. The number of hydrogen-bond donors (Lipinski definition) is 1. The molecule has 1 unspecified atom stereocenters. The van der Waals surface area contributed by atoms with Gasteiger partial charge in [0.2, 0.25) is 0 Å². The molecular formula is C20H17F3N2OS. The molecule has 0 aliphatic heterocycles. The van der Waals surface area contributed by atoms with Gasteiger partial charge in [-0.25, -0.2) is 18.2 Å². The summed E-state index contributed by atoms with van der Waals surface area (Å²) in [7, 11) is 0. The van der Waals surface area contributed by atoms with Crippen LogP contribution in [-0.2, 0) is 6.42 Å². The molecule has 0 aliphatic carbocycles. The predicted molar refractivity (Wildman–Crippen MR) is 98.3 cm³/mol. The molecule has 0 bridgehead atoms. The standard InChI is InChI=1S/C20H17F3N2OS/c1-11(14-5-8-16(22)17(23)10-14)25-20(26)19-12(2)24-18(27-19)9-13-3-6-15(21)7-4-13/h3-8,10-11H,9H2,1-2H3,(H,25,26). The van der Waals surface area contributed by atoms with Crippen molar-refractivity contribution < 1.29 is 18.0 Å². The number of aryl methyl sites for hydroxylation is 1. The molecule has 1 atom stereocenters. The maximum atomic E-state index is 13.4. The zero-order valence-corrected chi connectivity index (χ0v) is 15.5. The Morgan fingerprint density at radius 2 is 1.81 bits per heavy atom. The Morgan fingerprint density at radius 1 is 1.11 bits per heavy atom. The molecule has 0 saturated carbocycles. The summed E-state index contributed by atoms with van der Waals surface area (Å²) in [5.74, 6) is -2.52. The first kappa shape index (κ1) is 19.1. The van der Waals surface area contributed by atoms with E-state index in [4.69, 9.17) is 0 Å². The molecule has 3 nitrogen and oxygen atoms in total. The fraction of sp³-hybridized carbons (Fsp3) is 0.200. The van der Waals surface area contributed by atoms with E-state index < -0.39 is 17.7 Å². The number of carbonyl (C=O) groups excluding carboxylic acids is 1. The number of aromatic nitrogens is 1. The SMILES string of the molecule is Cc1nc(Cc2ccc(F)cc2)sc1C(=O)NC(C)c1ccc(F)c(F)c1. The smallest absolute Gasteiger partial charge is 0.263 e. The van der Waals surface area contributed by atoms with Crippen LogP contribution in [0.3, 0.4) is 0 Å². The highest BCUT2D eigenvalue weighted by molar-refractivity contribution is 7.13. The molecule has 3 aromatic rings. The van der Waals surface area contributed by atoms with E-state index in [1.807, 2.05) is 0 Å².